The Morgan fingerprint density at radius 3 is 2.53 bits per heavy atom. The number of nitro benzene ring substituents is 1. The third-order valence-corrected chi connectivity index (χ3v) is 2.51. The molecule has 0 amide bonds. The van der Waals surface area contributed by atoms with Gasteiger partial charge in [-0.3, -0.25) is 15.0 Å². The van der Waals surface area contributed by atoms with Crippen molar-refractivity contribution in [3.63, 3.8) is 0 Å². The van der Waals surface area contributed by atoms with Crippen LogP contribution in [-0.4, -0.2) is 41.2 Å². The third kappa shape index (κ3) is 5.23. The molecule has 1 rings (SSSR count). The van der Waals surface area contributed by atoms with Gasteiger partial charge in [0.2, 0.25) is 0 Å². The Bertz CT molecular complexity index is 454. The lowest BCUT2D eigenvalue weighted by molar-refractivity contribution is -0.385. The lowest BCUT2D eigenvalue weighted by Gasteiger charge is -2.25. The standard InChI is InChI=1S/C13H20N2O4/c1-13(2,16)9-14(3)8-10-5-11(15(17)18)7-12(6-10)19-4/h5-7,16H,8-9H2,1-4H3. The lowest BCUT2D eigenvalue weighted by Crippen LogP contribution is -2.35. The summed E-state index contributed by atoms with van der Waals surface area (Å²) >= 11 is 0. The first-order valence-corrected chi connectivity index (χ1v) is 5.94. The van der Waals surface area contributed by atoms with Crippen molar-refractivity contribution in [3.8, 4) is 5.75 Å². The number of aliphatic hydroxyl groups is 1. The van der Waals surface area contributed by atoms with Crippen LogP contribution in [0.2, 0.25) is 0 Å². The quantitative estimate of drug-likeness (QED) is 0.629. The third-order valence-electron chi connectivity index (χ3n) is 2.51. The van der Waals surface area contributed by atoms with E-state index in [1.54, 1.807) is 19.9 Å². The average molecular weight is 268 g/mol. The second-order valence-electron chi connectivity index (χ2n) is 5.28. The molecule has 0 bridgehead atoms. The highest BCUT2D eigenvalue weighted by Crippen LogP contribution is 2.23. The Balaban J connectivity index is 2.88. The van der Waals surface area contributed by atoms with Gasteiger partial charge in [0.25, 0.3) is 5.69 Å². The van der Waals surface area contributed by atoms with Crippen LogP contribution in [0.1, 0.15) is 19.4 Å². The maximum atomic E-state index is 10.8. The molecule has 0 radical (unpaired) electrons. The first-order chi connectivity index (χ1) is 8.71. The summed E-state index contributed by atoms with van der Waals surface area (Å²) in [5, 5.41) is 20.6. The zero-order valence-electron chi connectivity index (χ0n) is 11.7. The summed E-state index contributed by atoms with van der Waals surface area (Å²) in [5.41, 5.74) is -0.0247. The zero-order valence-corrected chi connectivity index (χ0v) is 11.7. The highest BCUT2D eigenvalue weighted by atomic mass is 16.6. The Morgan fingerprint density at radius 2 is 2.05 bits per heavy atom. The molecule has 106 valence electrons. The molecule has 0 unspecified atom stereocenters. The number of likely N-dealkylation sites (N-methyl/N-ethyl adjacent to an activating group) is 1. The van der Waals surface area contributed by atoms with Crippen molar-refractivity contribution in [2.24, 2.45) is 0 Å². The van der Waals surface area contributed by atoms with Crippen molar-refractivity contribution in [1.29, 1.82) is 0 Å². The van der Waals surface area contributed by atoms with Gasteiger partial charge in [-0.1, -0.05) is 0 Å². The molecule has 0 saturated heterocycles. The van der Waals surface area contributed by atoms with Crippen LogP contribution >= 0.6 is 0 Å². The summed E-state index contributed by atoms with van der Waals surface area (Å²) in [6, 6.07) is 4.66. The van der Waals surface area contributed by atoms with Gasteiger partial charge in [-0.15, -0.1) is 0 Å². The molecular weight excluding hydrogens is 248 g/mol. The molecule has 0 spiro atoms. The van der Waals surface area contributed by atoms with Gasteiger partial charge in [-0.25, -0.2) is 0 Å². The van der Waals surface area contributed by atoms with E-state index in [2.05, 4.69) is 0 Å². The molecule has 0 aliphatic carbocycles. The molecule has 0 fully saturated rings. The van der Waals surface area contributed by atoms with E-state index in [4.69, 9.17) is 4.74 Å². The van der Waals surface area contributed by atoms with E-state index in [0.717, 1.165) is 5.56 Å². The molecule has 0 aromatic heterocycles. The van der Waals surface area contributed by atoms with Gasteiger partial charge in [0.05, 0.1) is 23.7 Å². The molecule has 6 heteroatoms. The highest BCUT2D eigenvalue weighted by molar-refractivity contribution is 5.42. The van der Waals surface area contributed by atoms with Crippen molar-refractivity contribution < 1.29 is 14.8 Å². The van der Waals surface area contributed by atoms with Gasteiger partial charge in [-0.2, -0.15) is 0 Å². The van der Waals surface area contributed by atoms with Crippen molar-refractivity contribution in [2.75, 3.05) is 20.7 Å². The van der Waals surface area contributed by atoms with Crippen LogP contribution in [0.5, 0.6) is 5.75 Å². The fraction of sp³-hybridized carbons (Fsp3) is 0.538. The van der Waals surface area contributed by atoms with Crippen LogP contribution in [0, 0.1) is 10.1 Å². The smallest absolute Gasteiger partial charge is 0.273 e. The minimum absolute atomic E-state index is 0.00556. The molecule has 0 atom stereocenters. The van der Waals surface area contributed by atoms with E-state index in [9.17, 15) is 15.2 Å². The fourth-order valence-electron chi connectivity index (χ4n) is 1.99. The van der Waals surface area contributed by atoms with Gasteiger partial charge in [-0.05, 0) is 32.5 Å². The molecule has 0 aliphatic heterocycles. The topological polar surface area (TPSA) is 75.8 Å². The Kier molecular flexibility index (Phi) is 4.85. The van der Waals surface area contributed by atoms with Gasteiger partial charge in [0.1, 0.15) is 5.75 Å². The Labute approximate surface area is 112 Å². The molecule has 0 heterocycles. The van der Waals surface area contributed by atoms with Crippen molar-refractivity contribution in [1.82, 2.24) is 4.90 Å². The summed E-state index contributed by atoms with van der Waals surface area (Å²) in [7, 11) is 3.33. The summed E-state index contributed by atoms with van der Waals surface area (Å²) in [6.45, 7) is 4.41. The molecule has 19 heavy (non-hydrogen) atoms. The van der Waals surface area contributed by atoms with E-state index < -0.39 is 10.5 Å². The van der Waals surface area contributed by atoms with E-state index in [0.29, 0.717) is 18.8 Å². The number of nitrogens with zero attached hydrogens (tertiary/aromatic N) is 2. The largest absolute Gasteiger partial charge is 0.496 e. The number of hydrogen-bond acceptors (Lipinski definition) is 5. The normalized spacial score (nSPS) is 11.7. The van der Waals surface area contributed by atoms with Crippen LogP contribution in [0.25, 0.3) is 0 Å². The second kappa shape index (κ2) is 5.99. The highest BCUT2D eigenvalue weighted by Gasteiger charge is 2.17. The molecule has 0 saturated carbocycles. The van der Waals surface area contributed by atoms with E-state index in [1.165, 1.54) is 19.2 Å². The van der Waals surface area contributed by atoms with Crippen LogP contribution in [0.3, 0.4) is 0 Å². The first-order valence-electron chi connectivity index (χ1n) is 5.94. The van der Waals surface area contributed by atoms with Crippen LogP contribution in [0.4, 0.5) is 5.69 Å². The number of ether oxygens (including phenoxy) is 1. The number of nitro groups is 1. The van der Waals surface area contributed by atoms with Crippen molar-refractivity contribution in [3.05, 3.63) is 33.9 Å². The number of benzene rings is 1. The molecule has 1 N–H and O–H groups in total. The average Bonchev–Trinajstić information content (AvgIpc) is 2.25. The minimum atomic E-state index is -0.806. The van der Waals surface area contributed by atoms with Crippen molar-refractivity contribution in [2.45, 2.75) is 26.0 Å². The minimum Gasteiger partial charge on any atom is -0.496 e. The van der Waals surface area contributed by atoms with Crippen LogP contribution < -0.4 is 4.74 Å². The number of hydrogen-bond donors (Lipinski definition) is 1. The molecule has 0 aliphatic rings. The monoisotopic (exact) mass is 268 g/mol. The summed E-state index contributed by atoms with van der Waals surface area (Å²) < 4.78 is 5.06. The van der Waals surface area contributed by atoms with Gasteiger partial charge >= 0.3 is 0 Å². The summed E-state index contributed by atoms with van der Waals surface area (Å²) in [6.07, 6.45) is 0. The number of non-ortho nitro benzene ring substituents is 1. The fourth-order valence-corrected chi connectivity index (χ4v) is 1.99. The SMILES string of the molecule is COc1cc(CN(C)CC(C)(C)O)cc([N+](=O)[O-])c1. The van der Waals surface area contributed by atoms with Crippen LogP contribution in [-0.2, 0) is 6.54 Å². The molecule has 1 aromatic carbocycles. The molecular formula is C13H20N2O4. The predicted molar refractivity (Wildman–Crippen MR) is 72.3 cm³/mol. The van der Waals surface area contributed by atoms with E-state index in [-0.39, 0.29) is 5.69 Å². The summed E-state index contributed by atoms with van der Waals surface area (Å²) in [5.74, 6) is 0.459. The lowest BCUT2D eigenvalue weighted by atomic mass is 10.1. The summed E-state index contributed by atoms with van der Waals surface area (Å²) in [4.78, 5) is 12.3. The van der Waals surface area contributed by atoms with Crippen LogP contribution in [0.15, 0.2) is 18.2 Å². The number of rotatable bonds is 6. The first kappa shape index (κ1) is 15.4. The van der Waals surface area contributed by atoms with Gasteiger partial charge in [0, 0.05) is 19.2 Å². The Morgan fingerprint density at radius 1 is 1.42 bits per heavy atom. The molecule has 1 aromatic rings. The maximum Gasteiger partial charge on any atom is 0.273 e. The van der Waals surface area contributed by atoms with Crippen molar-refractivity contribution >= 4 is 5.69 Å². The zero-order chi connectivity index (χ0) is 14.6. The number of methoxy groups -OCH3 is 1. The Hall–Kier alpha value is -1.66. The predicted octanol–water partition coefficient (Wildman–Crippen LogP) is 1.81. The maximum absolute atomic E-state index is 10.8. The molecule has 6 nitrogen and oxygen atoms in total. The van der Waals surface area contributed by atoms with Gasteiger partial charge < -0.3 is 9.84 Å². The van der Waals surface area contributed by atoms with E-state index in [1.807, 2.05) is 11.9 Å². The van der Waals surface area contributed by atoms with E-state index >= 15 is 0 Å². The van der Waals surface area contributed by atoms with Gasteiger partial charge in [0.15, 0.2) is 0 Å². The second-order valence-corrected chi connectivity index (χ2v) is 5.28.